The molecule has 0 saturated heterocycles. The van der Waals surface area contributed by atoms with Gasteiger partial charge in [0.2, 0.25) is 0 Å². The van der Waals surface area contributed by atoms with E-state index in [-0.39, 0.29) is 5.91 Å². The molecule has 0 unspecified atom stereocenters. The highest BCUT2D eigenvalue weighted by Crippen LogP contribution is 2.19. The number of hydrogen-bond acceptors (Lipinski definition) is 3. The van der Waals surface area contributed by atoms with Crippen molar-refractivity contribution in [3.05, 3.63) is 40.1 Å². The molecule has 0 aliphatic carbocycles. The summed E-state index contributed by atoms with van der Waals surface area (Å²) in [6.45, 7) is 4.31. The van der Waals surface area contributed by atoms with Gasteiger partial charge in [-0.3, -0.25) is 9.48 Å². The number of rotatable bonds is 3. The SMILES string of the molecule is CCn1nc(C)c(N)c1C(=O)Nc1ccc(Br)cc1. The van der Waals surface area contributed by atoms with Crippen LogP contribution in [0.1, 0.15) is 23.1 Å². The van der Waals surface area contributed by atoms with Crippen LogP contribution in [-0.4, -0.2) is 15.7 Å². The van der Waals surface area contributed by atoms with Gasteiger partial charge in [0.05, 0.1) is 11.4 Å². The van der Waals surface area contributed by atoms with Gasteiger partial charge in [0.1, 0.15) is 5.69 Å². The first-order valence-electron chi connectivity index (χ1n) is 5.92. The molecule has 3 N–H and O–H groups in total. The van der Waals surface area contributed by atoms with Gasteiger partial charge in [0.25, 0.3) is 5.91 Å². The van der Waals surface area contributed by atoms with E-state index in [0.717, 1.165) is 4.47 Å². The van der Waals surface area contributed by atoms with Gasteiger partial charge in [-0.1, -0.05) is 15.9 Å². The molecule has 19 heavy (non-hydrogen) atoms. The highest BCUT2D eigenvalue weighted by Gasteiger charge is 2.18. The van der Waals surface area contributed by atoms with Crippen LogP contribution in [0.5, 0.6) is 0 Å². The number of aryl methyl sites for hydroxylation is 2. The average molecular weight is 323 g/mol. The van der Waals surface area contributed by atoms with Gasteiger partial charge in [-0.05, 0) is 38.1 Å². The van der Waals surface area contributed by atoms with E-state index in [1.807, 2.05) is 31.2 Å². The van der Waals surface area contributed by atoms with Crippen molar-refractivity contribution in [3.8, 4) is 0 Å². The first-order valence-corrected chi connectivity index (χ1v) is 6.72. The first kappa shape index (κ1) is 13.6. The Morgan fingerprint density at radius 2 is 2.05 bits per heavy atom. The number of aromatic nitrogens is 2. The van der Waals surface area contributed by atoms with Gasteiger partial charge in [-0.15, -0.1) is 0 Å². The highest BCUT2D eigenvalue weighted by atomic mass is 79.9. The van der Waals surface area contributed by atoms with Gasteiger partial charge >= 0.3 is 0 Å². The Bertz CT molecular complexity index is 604. The molecule has 0 aliphatic rings. The third-order valence-electron chi connectivity index (χ3n) is 2.79. The lowest BCUT2D eigenvalue weighted by molar-refractivity contribution is 0.101. The minimum Gasteiger partial charge on any atom is -0.395 e. The fourth-order valence-corrected chi connectivity index (χ4v) is 2.05. The molecule has 0 saturated carbocycles. The van der Waals surface area contributed by atoms with Crippen molar-refractivity contribution in [2.24, 2.45) is 0 Å². The standard InChI is InChI=1S/C13H15BrN4O/c1-3-18-12(11(15)8(2)17-18)13(19)16-10-6-4-9(14)5-7-10/h4-7H,3,15H2,1-2H3,(H,16,19). The Morgan fingerprint density at radius 1 is 1.42 bits per heavy atom. The molecular weight excluding hydrogens is 308 g/mol. The van der Waals surface area contributed by atoms with Gasteiger partial charge in [0, 0.05) is 16.7 Å². The predicted octanol–water partition coefficient (Wildman–Crippen LogP) is 2.81. The van der Waals surface area contributed by atoms with E-state index >= 15 is 0 Å². The molecule has 2 aromatic rings. The number of anilines is 2. The van der Waals surface area contributed by atoms with E-state index in [9.17, 15) is 4.79 Å². The lowest BCUT2D eigenvalue weighted by Crippen LogP contribution is -2.18. The molecule has 0 radical (unpaired) electrons. The van der Waals surface area contributed by atoms with Gasteiger partial charge in [-0.25, -0.2) is 0 Å². The normalized spacial score (nSPS) is 10.5. The van der Waals surface area contributed by atoms with Crippen molar-refractivity contribution < 1.29 is 4.79 Å². The van der Waals surface area contributed by atoms with E-state index in [2.05, 4.69) is 26.3 Å². The highest BCUT2D eigenvalue weighted by molar-refractivity contribution is 9.10. The third-order valence-corrected chi connectivity index (χ3v) is 3.32. The number of nitrogens with zero attached hydrogens (tertiary/aromatic N) is 2. The topological polar surface area (TPSA) is 72.9 Å². The average Bonchev–Trinajstić information content (AvgIpc) is 2.68. The summed E-state index contributed by atoms with van der Waals surface area (Å²) in [6.07, 6.45) is 0. The number of nitrogen functional groups attached to an aromatic ring is 1. The molecule has 6 heteroatoms. The number of hydrogen-bond donors (Lipinski definition) is 2. The van der Waals surface area contributed by atoms with Gasteiger partial charge in [0.15, 0.2) is 0 Å². The molecule has 1 heterocycles. The third kappa shape index (κ3) is 2.78. The van der Waals surface area contributed by atoms with Crippen molar-refractivity contribution in [2.45, 2.75) is 20.4 Å². The van der Waals surface area contributed by atoms with Gasteiger partial charge in [-0.2, -0.15) is 5.10 Å². The molecule has 2 rings (SSSR count). The van der Waals surface area contributed by atoms with Crippen molar-refractivity contribution in [1.82, 2.24) is 9.78 Å². The first-order chi connectivity index (χ1) is 9.02. The molecule has 1 aromatic carbocycles. The lowest BCUT2D eigenvalue weighted by atomic mass is 10.2. The quantitative estimate of drug-likeness (QED) is 0.912. The molecule has 100 valence electrons. The summed E-state index contributed by atoms with van der Waals surface area (Å²) in [5, 5.41) is 7.04. The van der Waals surface area contributed by atoms with E-state index < -0.39 is 0 Å². The molecule has 5 nitrogen and oxygen atoms in total. The zero-order chi connectivity index (χ0) is 14.0. The summed E-state index contributed by atoms with van der Waals surface area (Å²) in [5.41, 5.74) is 8.12. The number of carbonyl (C=O) groups excluding carboxylic acids is 1. The smallest absolute Gasteiger partial charge is 0.276 e. The summed E-state index contributed by atoms with van der Waals surface area (Å²) >= 11 is 3.35. The maximum atomic E-state index is 12.2. The monoisotopic (exact) mass is 322 g/mol. The van der Waals surface area contributed by atoms with Crippen LogP contribution < -0.4 is 11.1 Å². The Labute approximate surface area is 119 Å². The van der Waals surface area contributed by atoms with Crippen LogP contribution >= 0.6 is 15.9 Å². The lowest BCUT2D eigenvalue weighted by Gasteiger charge is -2.07. The Kier molecular flexibility index (Phi) is 3.90. The number of halogens is 1. The number of benzene rings is 1. The van der Waals surface area contributed by atoms with Gasteiger partial charge < -0.3 is 11.1 Å². The van der Waals surface area contributed by atoms with E-state index in [1.54, 1.807) is 11.6 Å². The molecule has 0 aliphatic heterocycles. The van der Waals surface area contributed by atoms with Crippen molar-refractivity contribution in [2.75, 3.05) is 11.1 Å². The van der Waals surface area contributed by atoms with Crippen LogP contribution in [0.25, 0.3) is 0 Å². The second kappa shape index (κ2) is 5.44. The maximum absolute atomic E-state index is 12.2. The number of nitrogens with two attached hydrogens (primary N) is 1. The zero-order valence-corrected chi connectivity index (χ0v) is 12.4. The van der Waals surface area contributed by atoms with Crippen molar-refractivity contribution in [3.63, 3.8) is 0 Å². The molecule has 0 atom stereocenters. The van der Waals surface area contributed by atoms with E-state index in [0.29, 0.717) is 29.3 Å². The van der Waals surface area contributed by atoms with Crippen LogP contribution in [-0.2, 0) is 6.54 Å². The summed E-state index contributed by atoms with van der Waals surface area (Å²) in [5.74, 6) is -0.248. The minimum atomic E-state index is -0.248. The fraction of sp³-hybridized carbons (Fsp3) is 0.231. The van der Waals surface area contributed by atoms with Crippen LogP contribution in [0.3, 0.4) is 0 Å². The van der Waals surface area contributed by atoms with E-state index in [4.69, 9.17) is 5.73 Å². The Balaban J connectivity index is 2.27. The largest absolute Gasteiger partial charge is 0.395 e. The Hall–Kier alpha value is -1.82. The van der Waals surface area contributed by atoms with Crippen LogP contribution in [0, 0.1) is 6.92 Å². The second-order valence-corrected chi connectivity index (χ2v) is 5.04. The van der Waals surface area contributed by atoms with E-state index in [1.165, 1.54) is 0 Å². The molecule has 0 bridgehead atoms. The van der Waals surface area contributed by atoms with Crippen LogP contribution in [0.15, 0.2) is 28.7 Å². The number of amides is 1. The molecule has 0 fully saturated rings. The number of nitrogens with one attached hydrogen (secondary N) is 1. The summed E-state index contributed by atoms with van der Waals surface area (Å²) in [4.78, 5) is 12.2. The minimum absolute atomic E-state index is 0.248. The molecule has 1 aromatic heterocycles. The zero-order valence-electron chi connectivity index (χ0n) is 10.8. The molecule has 1 amide bonds. The maximum Gasteiger partial charge on any atom is 0.276 e. The Morgan fingerprint density at radius 3 is 2.63 bits per heavy atom. The van der Waals surface area contributed by atoms with Crippen LogP contribution in [0.2, 0.25) is 0 Å². The van der Waals surface area contributed by atoms with Crippen LogP contribution in [0.4, 0.5) is 11.4 Å². The number of carbonyl (C=O) groups is 1. The fourth-order valence-electron chi connectivity index (χ4n) is 1.79. The summed E-state index contributed by atoms with van der Waals surface area (Å²) in [6, 6.07) is 7.36. The summed E-state index contributed by atoms with van der Waals surface area (Å²) in [7, 11) is 0. The molecular formula is C13H15BrN4O. The summed E-state index contributed by atoms with van der Waals surface area (Å²) < 4.78 is 2.57. The molecule has 0 spiro atoms. The predicted molar refractivity (Wildman–Crippen MR) is 79.1 cm³/mol. The van der Waals surface area contributed by atoms with Crippen molar-refractivity contribution in [1.29, 1.82) is 0 Å². The second-order valence-electron chi connectivity index (χ2n) is 4.12. The van der Waals surface area contributed by atoms with Crippen molar-refractivity contribution >= 4 is 33.2 Å².